The van der Waals surface area contributed by atoms with Crippen LogP contribution in [0.2, 0.25) is 5.02 Å². The topological polar surface area (TPSA) is 105 Å². The van der Waals surface area contributed by atoms with Gasteiger partial charge in [0.2, 0.25) is 0 Å². The van der Waals surface area contributed by atoms with Crippen LogP contribution in [-0.2, 0) is 4.79 Å². The second-order valence-electron chi connectivity index (χ2n) is 8.50. The van der Waals surface area contributed by atoms with Gasteiger partial charge >= 0.3 is 5.97 Å². The highest BCUT2D eigenvalue weighted by Crippen LogP contribution is 2.30. The van der Waals surface area contributed by atoms with Crippen LogP contribution in [0.5, 0.6) is 5.75 Å². The fourth-order valence-corrected chi connectivity index (χ4v) is 5.35. The van der Waals surface area contributed by atoms with Crippen LogP contribution in [0.3, 0.4) is 0 Å². The monoisotopic (exact) mass is 536 g/mol. The van der Waals surface area contributed by atoms with E-state index in [-0.39, 0.29) is 30.9 Å². The summed E-state index contributed by atoms with van der Waals surface area (Å²) in [6.07, 6.45) is 1.44. The predicted molar refractivity (Wildman–Crippen MR) is 132 cm³/mol. The van der Waals surface area contributed by atoms with Crippen molar-refractivity contribution in [2.75, 3.05) is 13.1 Å². The number of amides is 2. The number of ether oxygens (including phenoxy) is 1. The van der Waals surface area contributed by atoms with Gasteiger partial charge in [0.15, 0.2) is 0 Å². The number of carboxylic acids is 1. The van der Waals surface area contributed by atoms with Crippen molar-refractivity contribution in [2.45, 2.75) is 31.8 Å². The number of rotatable bonds is 8. The van der Waals surface area contributed by atoms with E-state index in [2.05, 4.69) is 10.6 Å². The van der Waals surface area contributed by atoms with E-state index in [1.54, 1.807) is 18.2 Å². The first-order valence-electron chi connectivity index (χ1n) is 11.3. The predicted octanol–water partition coefficient (Wildman–Crippen LogP) is 5.01. The number of hydrogen-bond donors (Lipinski definition) is 3. The van der Waals surface area contributed by atoms with Gasteiger partial charge in [-0.05, 0) is 49.3 Å². The number of halogens is 3. The molecular weight excluding hydrogens is 514 g/mol. The van der Waals surface area contributed by atoms with Crippen LogP contribution in [0, 0.1) is 17.6 Å². The SMILES string of the molecule is O=C(NCCNC(=O)c1c(F)cc(OC2CCC(C(=O)O)CC2)cc1F)c1cc2ccc(Cl)cc2s1. The Morgan fingerprint density at radius 2 is 1.61 bits per heavy atom. The summed E-state index contributed by atoms with van der Waals surface area (Å²) in [6.45, 7) is 0.0221. The van der Waals surface area contributed by atoms with Gasteiger partial charge in [-0.1, -0.05) is 17.7 Å². The lowest BCUT2D eigenvalue weighted by Crippen LogP contribution is -2.35. The molecule has 3 aromatic rings. The van der Waals surface area contributed by atoms with E-state index >= 15 is 0 Å². The number of fused-ring (bicyclic) bond motifs is 1. The van der Waals surface area contributed by atoms with Gasteiger partial charge in [0.05, 0.1) is 16.9 Å². The number of carboxylic acid groups (broad SMARTS) is 1. The number of benzene rings is 2. The van der Waals surface area contributed by atoms with Crippen molar-refractivity contribution in [1.29, 1.82) is 0 Å². The second kappa shape index (κ2) is 11.2. The molecular formula is C25H23ClF2N2O5S. The fourth-order valence-electron chi connectivity index (χ4n) is 4.10. The van der Waals surface area contributed by atoms with Crippen LogP contribution in [-0.4, -0.2) is 42.1 Å². The zero-order chi connectivity index (χ0) is 25.8. The zero-order valence-electron chi connectivity index (χ0n) is 19.0. The van der Waals surface area contributed by atoms with Crippen LogP contribution < -0.4 is 15.4 Å². The van der Waals surface area contributed by atoms with Crippen molar-refractivity contribution < 1.29 is 33.0 Å². The van der Waals surface area contributed by atoms with Gasteiger partial charge in [-0.3, -0.25) is 14.4 Å². The van der Waals surface area contributed by atoms with Crippen LogP contribution in [0.15, 0.2) is 36.4 Å². The maximum Gasteiger partial charge on any atom is 0.306 e. The van der Waals surface area contributed by atoms with E-state index in [1.807, 2.05) is 6.07 Å². The van der Waals surface area contributed by atoms with E-state index in [4.69, 9.17) is 21.4 Å². The molecule has 3 N–H and O–H groups in total. The third-order valence-electron chi connectivity index (χ3n) is 5.97. The number of hydrogen-bond acceptors (Lipinski definition) is 5. The number of nitrogens with one attached hydrogen (secondary N) is 2. The Kier molecular flexibility index (Phi) is 8.05. The van der Waals surface area contributed by atoms with E-state index in [0.717, 1.165) is 22.2 Å². The van der Waals surface area contributed by atoms with Crippen molar-refractivity contribution in [3.05, 3.63) is 63.5 Å². The first-order valence-corrected chi connectivity index (χ1v) is 12.5. The molecule has 0 radical (unpaired) electrons. The van der Waals surface area contributed by atoms with E-state index in [0.29, 0.717) is 35.6 Å². The van der Waals surface area contributed by atoms with Gasteiger partial charge in [-0.2, -0.15) is 0 Å². The van der Waals surface area contributed by atoms with Crippen molar-refractivity contribution in [1.82, 2.24) is 10.6 Å². The molecule has 1 heterocycles. The average Bonchev–Trinajstić information content (AvgIpc) is 3.25. The maximum absolute atomic E-state index is 14.5. The quantitative estimate of drug-likeness (QED) is 0.351. The summed E-state index contributed by atoms with van der Waals surface area (Å²) >= 11 is 7.25. The Hall–Kier alpha value is -3.24. The molecule has 4 rings (SSSR count). The Bertz CT molecular complexity index is 1280. The Balaban J connectivity index is 1.27. The molecule has 2 amide bonds. The third kappa shape index (κ3) is 6.11. The van der Waals surface area contributed by atoms with Gasteiger partial charge in [0.25, 0.3) is 11.8 Å². The van der Waals surface area contributed by atoms with E-state index < -0.39 is 35.0 Å². The molecule has 0 spiro atoms. The van der Waals surface area contributed by atoms with Crippen LogP contribution >= 0.6 is 22.9 Å². The number of aliphatic carboxylic acids is 1. The van der Waals surface area contributed by atoms with Crippen molar-refractivity contribution in [3.8, 4) is 5.75 Å². The van der Waals surface area contributed by atoms with Crippen LogP contribution in [0.4, 0.5) is 8.78 Å². The molecule has 0 aliphatic heterocycles. The molecule has 0 unspecified atom stereocenters. The first-order chi connectivity index (χ1) is 17.2. The minimum Gasteiger partial charge on any atom is -0.490 e. The van der Waals surface area contributed by atoms with E-state index in [1.165, 1.54) is 11.3 Å². The smallest absolute Gasteiger partial charge is 0.306 e. The molecule has 36 heavy (non-hydrogen) atoms. The lowest BCUT2D eigenvalue weighted by molar-refractivity contribution is -0.143. The molecule has 7 nitrogen and oxygen atoms in total. The highest BCUT2D eigenvalue weighted by atomic mass is 35.5. The van der Waals surface area contributed by atoms with Gasteiger partial charge in [-0.15, -0.1) is 11.3 Å². The molecule has 1 aromatic heterocycles. The maximum atomic E-state index is 14.5. The van der Waals surface area contributed by atoms with Crippen LogP contribution in [0.25, 0.3) is 10.1 Å². The summed E-state index contributed by atoms with van der Waals surface area (Å²) in [6, 6.07) is 8.93. The second-order valence-corrected chi connectivity index (χ2v) is 10.0. The normalized spacial score (nSPS) is 17.5. The van der Waals surface area contributed by atoms with Gasteiger partial charge in [-0.25, -0.2) is 8.78 Å². The molecule has 2 aromatic carbocycles. The average molecular weight is 537 g/mol. The minimum absolute atomic E-state index is 0.0365. The molecule has 0 bridgehead atoms. The number of carbonyl (C=O) groups excluding carboxylic acids is 2. The Labute approximate surface area is 214 Å². The largest absolute Gasteiger partial charge is 0.490 e. The van der Waals surface area contributed by atoms with E-state index in [9.17, 15) is 23.2 Å². The molecule has 0 saturated heterocycles. The zero-order valence-corrected chi connectivity index (χ0v) is 20.6. The van der Waals surface area contributed by atoms with Crippen molar-refractivity contribution >= 4 is 50.8 Å². The number of carbonyl (C=O) groups is 3. The summed E-state index contributed by atoms with van der Waals surface area (Å²) < 4.78 is 35.6. The summed E-state index contributed by atoms with van der Waals surface area (Å²) in [7, 11) is 0. The molecule has 0 atom stereocenters. The first kappa shape index (κ1) is 25.8. The molecule has 1 aliphatic carbocycles. The standard InChI is InChI=1S/C25H23ClF2N2O5S/c26-15-4-1-14-9-21(36-20(14)10-15)23(31)29-7-8-30-24(32)22-18(27)11-17(12-19(22)28)35-16-5-2-13(3-6-16)25(33)34/h1,4,9-13,16H,2-3,5-8H2,(H,29,31)(H,30,32)(H,33,34). The minimum atomic E-state index is -1.07. The molecule has 1 saturated carbocycles. The highest BCUT2D eigenvalue weighted by molar-refractivity contribution is 7.20. The summed E-state index contributed by atoms with van der Waals surface area (Å²) in [5, 5.41) is 15.6. The van der Waals surface area contributed by atoms with Crippen molar-refractivity contribution in [3.63, 3.8) is 0 Å². The lowest BCUT2D eigenvalue weighted by atomic mass is 9.87. The van der Waals surface area contributed by atoms with Gasteiger partial charge in [0.1, 0.15) is 22.9 Å². The molecule has 1 fully saturated rings. The third-order valence-corrected chi connectivity index (χ3v) is 7.30. The molecule has 190 valence electrons. The van der Waals surface area contributed by atoms with Gasteiger partial charge in [0, 0.05) is 34.9 Å². The van der Waals surface area contributed by atoms with Crippen LogP contribution in [0.1, 0.15) is 45.7 Å². The molecule has 1 aliphatic rings. The fraction of sp³-hybridized carbons (Fsp3) is 0.320. The lowest BCUT2D eigenvalue weighted by Gasteiger charge is -2.26. The summed E-state index contributed by atoms with van der Waals surface area (Å²) in [5.41, 5.74) is -0.746. The summed E-state index contributed by atoms with van der Waals surface area (Å²) in [5.74, 6) is -4.78. The van der Waals surface area contributed by atoms with Gasteiger partial charge < -0.3 is 20.5 Å². The van der Waals surface area contributed by atoms with Crippen molar-refractivity contribution in [2.24, 2.45) is 5.92 Å². The highest BCUT2D eigenvalue weighted by Gasteiger charge is 2.28. The number of thiophene rings is 1. The Morgan fingerprint density at radius 3 is 2.25 bits per heavy atom. The summed E-state index contributed by atoms with van der Waals surface area (Å²) in [4.78, 5) is 36.2. The Morgan fingerprint density at radius 1 is 0.972 bits per heavy atom. The molecule has 11 heteroatoms.